The number of likely N-dealkylation sites (tertiary alicyclic amines) is 1. The van der Waals surface area contributed by atoms with E-state index in [2.05, 4.69) is 28.2 Å². The lowest BCUT2D eigenvalue weighted by Crippen LogP contribution is -2.39. The molecule has 3 heterocycles. The first kappa shape index (κ1) is 18.5. The van der Waals surface area contributed by atoms with Crippen LogP contribution in [0.4, 0.5) is 10.1 Å². The van der Waals surface area contributed by atoms with Crippen molar-refractivity contribution in [3.63, 3.8) is 0 Å². The summed E-state index contributed by atoms with van der Waals surface area (Å²) in [7, 11) is 0. The smallest absolute Gasteiger partial charge is 0.126 e. The molecule has 1 saturated heterocycles. The summed E-state index contributed by atoms with van der Waals surface area (Å²) in [4.78, 5) is 11.2. The first-order valence-corrected chi connectivity index (χ1v) is 11.7. The molecule has 1 aromatic heterocycles. The van der Waals surface area contributed by atoms with Crippen LogP contribution in [0.25, 0.3) is 10.9 Å². The number of nitrogens with one attached hydrogen (secondary N) is 2. The summed E-state index contributed by atoms with van der Waals surface area (Å²) < 4.78 is 14.2. The van der Waals surface area contributed by atoms with Gasteiger partial charge in [0.2, 0.25) is 0 Å². The lowest BCUT2D eigenvalue weighted by molar-refractivity contribution is 0.237. The Hall–Kier alpha value is -1.53. The molecule has 2 N–H and O–H groups in total. The highest BCUT2D eigenvalue weighted by atomic mass is 32.2. The number of H-pyrrole nitrogens is 1. The molecule has 0 amide bonds. The van der Waals surface area contributed by atoms with E-state index < -0.39 is 0 Å². The molecule has 1 saturated carbocycles. The van der Waals surface area contributed by atoms with Crippen molar-refractivity contribution in [1.29, 1.82) is 0 Å². The molecular formula is C22H29FN4S. The fraction of sp³-hybridized carbons (Fsp3) is 0.591. The molecule has 2 aromatic rings. The SMILES string of the molecule is CC(C1CSC(c2cc3cc(F)cc(NC4CCCC4)c3[nH]2)=N1)N1CCCC1. The van der Waals surface area contributed by atoms with Gasteiger partial charge in [0.25, 0.3) is 0 Å². The largest absolute Gasteiger partial charge is 0.381 e. The Morgan fingerprint density at radius 2 is 1.96 bits per heavy atom. The van der Waals surface area contributed by atoms with E-state index in [1.54, 1.807) is 12.1 Å². The number of fused-ring (bicyclic) bond motifs is 1. The summed E-state index contributed by atoms with van der Waals surface area (Å²) >= 11 is 1.83. The Labute approximate surface area is 170 Å². The fourth-order valence-electron chi connectivity index (χ4n) is 4.90. The number of aliphatic imine (C=N–C) groups is 1. The van der Waals surface area contributed by atoms with Crippen LogP contribution in [0.1, 0.15) is 51.1 Å². The maximum absolute atomic E-state index is 14.2. The van der Waals surface area contributed by atoms with Crippen LogP contribution < -0.4 is 5.32 Å². The minimum Gasteiger partial charge on any atom is -0.381 e. The molecule has 28 heavy (non-hydrogen) atoms. The van der Waals surface area contributed by atoms with Crippen LogP contribution in [0.2, 0.25) is 0 Å². The van der Waals surface area contributed by atoms with Crippen molar-refractivity contribution in [3.8, 4) is 0 Å². The molecule has 150 valence electrons. The molecule has 0 bridgehead atoms. The van der Waals surface area contributed by atoms with Crippen LogP contribution in [0.5, 0.6) is 0 Å². The van der Waals surface area contributed by atoms with E-state index in [-0.39, 0.29) is 5.82 Å². The van der Waals surface area contributed by atoms with E-state index in [0.29, 0.717) is 18.1 Å². The predicted octanol–water partition coefficient (Wildman–Crippen LogP) is 5.01. The van der Waals surface area contributed by atoms with Crippen molar-refractivity contribution in [3.05, 3.63) is 29.7 Å². The number of rotatable bonds is 5. The van der Waals surface area contributed by atoms with E-state index in [1.807, 2.05) is 11.8 Å². The summed E-state index contributed by atoms with van der Waals surface area (Å²) in [6.45, 7) is 4.72. The molecule has 4 nitrogen and oxygen atoms in total. The van der Waals surface area contributed by atoms with Crippen molar-refractivity contribution in [2.45, 2.75) is 63.6 Å². The number of hydrogen-bond donors (Lipinski definition) is 2. The zero-order valence-corrected chi connectivity index (χ0v) is 17.3. The standard InChI is InChI=1S/C22H29FN4S/c1-14(27-8-4-5-9-27)20-13-28-22(26-20)19-11-15-10-16(23)12-18(21(15)25-19)24-17-6-2-3-7-17/h10-12,14,17,20,24-25H,2-9,13H2,1H3. The van der Waals surface area contributed by atoms with Gasteiger partial charge in [-0.2, -0.15) is 0 Å². The van der Waals surface area contributed by atoms with Gasteiger partial charge in [-0.1, -0.05) is 12.8 Å². The van der Waals surface area contributed by atoms with Gasteiger partial charge >= 0.3 is 0 Å². The van der Waals surface area contributed by atoms with Gasteiger partial charge in [0.15, 0.2) is 0 Å². The Kier molecular flexibility index (Phi) is 5.09. The zero-order chi connectivity index (χ0) is 19.1. The van der Waals surface area contributed by atoms with E-state index in [0.717, 1.165) is 33.1 Å². The minimum absolute atomic E-state index is 0.180. The first-order chi connectivity index (χ1) is 13.7. The normalized spacial score (nSPS) is 24.9. The maximum Gasteiger partial charge on any atom is 0.126 e. The predicted molar refractivity (Wildman–Crippen MR) is 117 cm³/mol. The molecule has 3 aliphatic rings. The van der Waals surface area contributed by atoms with Crippen molar-refractivity contribution < 1.29 is 4.39 Å². The first-order valence-electron chi connectivity index (χ1n) is 10.7. The van der Waals surface area contributed by atoms with Gasteiger partial charge in [-0.05, 0) is 63.9 Å². The summed E-state index contributed by atoms with van der Waals surface area (Å²) in [5.41, 5.74) is 2.91. The van der Waals surface area contributed by atoms with Crippen LogP contribution in [0.15, 0.2) is 23.2 Å². The van der Waals surface area contributed by atoms with Gasteiger partial charge in [0, 0.05) is 23.2 Å². The Morgan fingerprint density at radius 3 is 2.75 bits per heavy atom. The number of aromatic amines is 1. The maximum atomic E-state index is 14.2. The molecule has 0 spiro atoms. The van der Waals surface area contributed by atoms with Crippen LogP contribution in [0.3, 0.4) is 0 Å². The van der Waals surface area contributed by atoms with E-state index in [9.17, 15) is 4.39 Å². The molecule has 0 radical (unpaired) electrons. The summed E-state index contributed by atoms with van der Waals surface area (Å²) in [6, 6.07) is 6.61. The summed E-state index contributed by atoms with van der Waals surface area (Å²) in [5.74, 6) is 0.851. The van der Waals surface area contributed by atoms with Gasteiger partial charge in [-0.3, -0.25) is 9.89 Å². The molecule has 2 unspecified atom stereocenters. The molecule has 5 rings (SSSR count). The van der Waals surface area contributed by atoms with Crippen molar-refractivity contribution in [2.75, 3.05) is 24.2 Å². The van der Waals surface area contributed by atoms with E-state index >= 15 is 0 Å². The van der Waals surface area contributed by atoms with Crippen LogP contribution in [-0.4, -0.2) is 51.9 Å². The Morgan fingerprint density at radius 1 is 1.18 bits per heavy atom. The highest BCUT2D eigenvalue weighted by Crippen LogP contribution is 2.33. The molecular weight excluding hydrogens is 371 g/mol. The van der Waals surface area contributed by atoms with Crippen molar-refractivity contribution >= 4 is 33.4 Å². The van der Waals surface area contributed by atoms with Gasteiger partial charge < -0.3 is 10.3 Å². The molecule has 2 aliphatic heterocycles. The van der Waals surface area contributed by atoms with Crippen LogP contribution in [0, 0.1) is 5.82 Å². The lowest BCUT2D eigenvalue weighted by Gasteiger charge is -2.26. The fourth-order valence-corrected chi connectivity index (χ4v) is 6.06. The number of benzene rings is 1. The van der Waals surface area contributed by atoms with Crippen molar-refractivity contribution in [1.82, 2.24) is 9.88 Å². The highest BCUT2D eigenvalue weighted by molar-refractivity contribution is 8.14. The Bertz CT molecular complexity index is 880. The summed E-state index contributed by atoms with van der Waals surface area (Å²) in [5, 5.41) is 5.56. The van der Waals surface area contributed by atoms with Gasteiger partial charge in [0.05, 0.1) is 22.9 Å². The minimum atomic E-state index is -0.180. The zero-order valence-electron chi connectivity index (χ0n) is 16.5. The lowest BCUT2D eigenvalue weighted by atomic mass is 10.1. The van der Waals surface area contributed by atoms with Gasteiger partial charge in [-0.15, -0.1) is 11.8 Å². The molecule has 1 aliphatic carbocycles. The third kappa shape index (κ3) is 3.57. The van der Waals surface area contributed by atoms with E-state index in [1.165, 1.54) is 51.6 Å². The Balaban J connectivity index is 1.40. The quantitative estimate of drug-likeness (QED) is 0.742. The average Bonchev–Trinajstić information content (AvgIpc) is 3.46. The topological polar surface area (TPSA) is 43.4 Å². The third-order valence-electron chi connectivity index (χ3n) is 6.59. The van der Waals surface area contributed by atoms with Crippen molar-refractivity contribution in [2.24, 2.45) is 4.99 Å². The summed E-state index contributed by atoms with van der Waals surface area (Å²) in [6.07, 6.45) is 7.48. The monoisotopic (exact) mass is 400 g/mol. The average molecular weight is 401 g/mol. The number of anilines is 1. The number of aromatic nitrogens is 1. The second-order valence-corrected chi connectivity index (χ2v) is 9.53. The van der Waals surface area contributed by atoms with Gasteiger partial charge in [0.1, 0.15) is 10.9 Å². The number of nitrogens with zero attached hydrogens (tertiary/aromatic N) is 2. The molecule has 2 fully saturated rings. The molecule has 6 heteroatoms. The van der Waals surface area contributed by atoms with E-state index in [4.69, 9.17) is 4.99 Å². The highest BCUT2D eigenvalue weighted by Gasteiger charge is 2.30. The third-order valence-corrected chi connectivity index (χ3v) is 7.69. The number of halogens is 1. The molecule has 1 aromatic carbocycles. The second kappa shape index (κ2) is 7.71. The number of thioether (sulfide) groups is 1. The van der Waals surface area contributed by atoms with Crippen LogP contribution in [-0.2, 0) is 0 Å². The number of hydrogen-bond acceptors (Lipinski definition) is 4. The second-order valence-electron chi connectivity index (χ2n) is 8.52. The molecule has 2 atom stereocenters. The van der Waals surface area contributed by atoms with Gasteiger partial charge in [-0.25, -0.2) is 4.39 Å². The van der Waals surface area contributed by atoms with Crippen LogP contribution >= 0.6 is 11.8 Å².